The largest absolute Gasteiger partial charge is 0.492 e. The molecule has 2 heterocycles. The summed E-state index contributed by atoms with van der Waals surface area (Å²) in [7, 11) is 0. The monoisotopic (exact) mass is 449 g/mol. The maximum atomic E-state index is 12.6. The molecule has 0 saturated carbocycles. The van der Waals surface area contributed by atoms with Crippen LogP contribution in [0.1, 0.15) is 18.2 Å². The minimum absolute atomic E-state index is 0.0607. The van der Waals surface area contributed by atoms with Gasteiger partial charge in [0.1, 0.15) is 12.4 Å². The molecule has 170 valence electrons. The van der Waals surface area contributed by atoms with Gasteiger partial charge in [0.25, 0.3) is 0 Å². The topological polar surface area (TPSA) is 98.1 Å². The number of pyridine rings is 1. The lowest BCUT2D eigenvalue weighted by Crippen LogP contribution is -2.34. The highest BCUT2D eigenvalue weighted by molar-refractivity contribution is 5.86. The highest BCUT2D eigenvalue weighted by Crippen LogP contribution is 2.30. The van der Waals surface area contributed by atoms with Crippen LogP contribution in [0.5, 0.6) is 5.75 Å². The molecule has 0 radical (unpaired) electrons. The van der Waals surface area contributed by atoms with Crippen molar-refractivity contribution in [2.24, 2.45) is 0 Å². The van der Waals surface area contributed by atoms with Gasteiger partial charge in [-0.3, -0.25) is 19.3 Å². The molecule has 0 unspecified atom stereocenters. The molecule has 0 aliphatic rings. The van der Waals surface area contributed by atoms with E-state index in [2.05, 4.69) is 20.7 Å². The first kappa shape index (κ1) is 23.0. The van der Waals surface area contributed by atoms with Gasteiger partial charge in [0.15, 0.2) is 0 Å². The van der Waals surface area contributed by atoms with Crippen LogP contribution in [0.25, 0.3) is 10.9 Å². The van der Waals surface area contributed by atoms with Gasteiger partial charge in [0, 0.05) is 37.8 Å². The molecule has 0 spiro atoms. The molecule has 2 amide bonds. The highest BCUT2D eigenvalue weighted by Gasteiger charge is 2.30. The fourth-order valence-electron chi connectivity index (χ4n) is 2.96. The van der Waals surface area contributed by atoms with Gasteiger partial charge in [-0.15, -0.1) is 0 Å². The number of rotatable bonds is 9. The molecular formula is C21H22F3N5O3. The average Bonchev–Trinajstić information content (AvgIpc) is 3.15. The Bertz CT molecular complexity index is 1080. The molecule has 2 aromatic heterocycles. The molecule has 2 N–H and O–H groups in total. The number of carbonyl (C=O) groups is 2. The summed E-state index contributed by atoms with van der Waals surface area (Å²) in [5.74, 6) is -0.0675. The van der Waals surface area contributed by atoms with Crippen LogP contribution >= 0.6 is 0 Å². The molecule has 0 fully saturated rings. The van der Waals surface area contributed by atoms with E-state index in [0.717, 1.165) is 17.5 Å². The van der Waals surface area contributed by atoms with Crippen LogP contribution in [0, 0.1) is 0 Å². The molecule has 3 aromatic rings. The number of benzene rings is 1. The molecule has 1 aromatic carbocycles. The van der Waals surface area contributed by atoms with Gasteiger partial charge in [-0.1, -0.05) is 0 Å². The fourth-order valence-corrected chi connectivity index (χ4v) is 2.96. The standard InChI is InChI=1S/C21H22F3N5O3/c1-14(30)25-8-9-27-20(31)12-19-17-13-29(28-18(17)6-7-26-19)10-11-32-16-4-2-15(3-5-16)21(22,23)24/h2-7,13H,8-12H2,1H3,(H,25,30)(H,27,31). The molecular weight excluding hydrogens is 427 g/mol. The molecule has 0 bridgehead atoms. The third-order valence-electron chi connectivity index (χ3n) is 4.48. The number of aromatic nitrogens is 3. The van der Waals surface area contributed by atoms with E-state index < -0.39 is 11.7 Å². The highest BCUT2D eigenvalue weighted by atomic mass is 19.4. The summed E-state index contributed by atoms with van der Waals surface area (Å²) in [5.41, 5.74) is 0.493. The van der Waals surface area contributed by atoms with E-state index >= 15 is 0 Å². The van der Waals surface area contributed by atoms with E-state index in [-0.39, 0.29) is 24.8 Å². The van der Waals surface area contributed by atoms with Crippen molar-refractivity contribution in [3.05, 3.63) is 54.0 Å². The number of carbonyl (C=O) groups excluding carboxylic acids is 2. The number of hydrogen-bond donors (Lipinski definition) is 2. The van der Waals surface area contributed by atoms with Crippen LogP contribution in [0.15, 0.2) is 42.7 Å². The van der Waals surface area contributed by atoms with Gasteiger partial charge in [-0.25, -0.2) is 0 Å². The number of halogens is 3. The number of amides is 2. The zero-order valence-electron chi connectivity index (χ0n) is 17.3. The van der Waals surface area contributed by atoms with Gasteiger partial charge >= 0.3 is 6.18 Å². The van der Waals surface area contributed by atoms with Crippen molar-refractivity contribution in [2.75, 3.05) is 19.7 Å². The zero-order valence-corrected chi connectivity index (χ0v) is 17.3. The van der Waals surface area contributed by atoms with Crippen LogP contribution in [-0.4, -0.2) is 46.3 Å². The fraction of sp³-hybridized carbons (Fsp3) is 0.333. The average molecular weight is 449 g/mol. The van der Waals surface area contributed by atoms with Gasteiger partial charge in [-0.05, 0) is 30.3 Å². The van der Waals surface area contributed by atoms with Gasteiger partial charge in [0.2, 0.25) is 11.8 Å². The molecule has 0 atom stereocenters. The van der Waals surface area contributed by atoms with Crippen LogP contribution in [0.2, 0.25) is 0 Å². The van der Waals surface area contributed by atoms with E-state index in [4.69, 9.17) is 4.74 Å². The summed E-state index contributed by atoms with van der Waals surface area (Å²) in [6.07, 6.45) is -1.01. The first-order chi connectivity index (χ1) is 15.2. The van der Waals surface area contributed by atoms with Crippen molar-refractivity contribution in [2.45, 2.75) is 26.1 Å². The number of hydrogen-bond acceptors (Lipinski definition) is 5. The lowest BCUT2D eigenvalue weighted by Gasteiger charge is -2.09. The number of alkyl halides is 3. The molecule has 11 heteroatoms. The lowest BCUT2D eigenvalue weighted by atomic mass is 10.2. The quantitative estimate of drug-likeness (QED) is 0.489. The van der Waals surface area contributed by atoms with Crippen molar-refractivity contribution in [1.29, 1.82) is 0 Å². The first-order valence-corrected chi connectivity index (χ1v) is 9.84. The minimum Gasteiger partial charge on any atom is -0.492 e. The Kier molecular flexibility index (Phi) is 7.29. The second-order valence-corrected chi connectivity index (χ2v) is 6.96. The Balaban J connectivity index is 1.55. The summed E-state index contributed by atoms with van der Waals surface area (Å²) >= 11 is 0. The minimum atomic E-state index is -4.39. The van der Waals surface area contributed by atoms with Crippen LogP contribution in [0.4, 0.5) is 13.2 Å². The Hall–Kier alpha value is -3.63. The zero-order chi connectivity index (χ0) is 23.1. The van der Waals surface area contributed by atoms with Crippen LogP contribution < -0.4 is 15.4 Å². The van der Waals surface area contributed by atoms with E-state index in [9.17, 15) is 22.8 Å². The second-order valence-electron chi connectivity index (χ2n) is 6.96. The summed E-state index contributed by atoms with van der Waals surface area (Å²) in [5, 5.41) is 10.4. The number of fused-ring (bicyclic) bond motifs is 1. The van der Waals surface area contributed by atoms with Gasteiger partial charge in [0.05, 0.1) is 29.7 Å². The van der Waals surface area contributed by atoms with Crippen LogP contribution in [0.3, 0.4) is 0 Å². The van der Waals surface area contributed by atoms with Gasteiger partial charge in [-0.2, -0.15) is 18.3 Å². The third kappa shape index (κ3) is 6.43. The molecule has 32 heavy (non-hydrogen) atoms. The first-order valence-electron chi connectivity index (χ1n) is 9.84. The molecule has 3 rings (SSSR count). The van der Waals surface area contributed by atoms with E-state index in [1.165, 1.54) is 19.1 Å². The predicted molar refractivity (Wildman–Crippen MR) is 110 cm³/mol. The van der Waals surface area contributed by atoms with E-state index in [1.807, 2.05) is 0 Å². The maximum Gasteiger partial charge on any atom is 0.416 e. The Morgan fingerprint density at radius 3 is 2.50 bits per heavy atom. The number of nitrogens with one attached hydrogen (secondary N) is 2. The number of ether oxygens (including phenoxy) is 1. The van der Waals surface area contributed by atoms with E-state index in [0.29, 0.717) is 36.6 Å². The van der Waals surface area contributed by atoms with Crippen molar-refractivity contribution in [1.82, 2.24) is 25.4 Å². The van der Waals surface area contributed by atoms with Gasteiger partial charge < -0.3 is 15.4 Å². The summed E-state index contributed by atoms with van der Waals surface area (Å²) in [6, 6.07) is 6.21. The van der Waals surface area contributed by atoms with Crippen LogP contribution in [-0.2, 0) is 28.7 Å². The SMILES string of the molecule is CC(=O)NCCNC(=O)Cc1nccc2nn(CCOc3ccc(C(F)(F)F)cc3)cc12. The molecule has 0 saturated heterocycles. The molecule has 0 aliphatic carbocycles. The second kappa shape index (κ2) is 10.1. The normalized spacial score (nSPS) is 11.4. The van der Waals surface area contributed by atoms with E-state index in [1.54, 1.807) is 23.1 Å². The van der Waals surface area contributed by atoms with Crippen molar-refractivity contribution in [3.8, 4) is 5.75 Å². The number of nitrogens with zero attached hydrogens (tertiary/aromatic N) is 3. The smallest absolute Gasteiger partial charge is 0.416 e. The Labute approximate surface area is 181 Å². The summed E-state index contributed by atoms with van der Waals surface area (Å²) < 4.78 is 45.0. The maximum absolute atomic E-state index is 12.6. The lowest BCUT2D eigenvalue weighted by molar-refractivity contribution is -0.137. The Morgan fingerprint density at radius 1 is 1.09 bits per heavy atom. The predicted octanol–water partition coefficient (Wildman–Crippen LogP) is 2.32. The van der Waals surface area contributed by atoms with Crippen molar-refractivity contribution in [3.63, 3.8) is 0 Å². The molecule has 0 aliphatic heterocycles. The third-order valence-corrected chi connectivity index (χ3v) is 4.48. The Morgan fingerprint density at radius 2 is 1.81 bits per heavy atom. The summed E-state index contributed by atoms with van der Waals surface area (Å²) in [4.78, 5) is 27.2. The van der Waals surface area contributed by atoms with Crippen molar-refractivity contribution < 1.29 is 27.5 Å². The summed E-state index contributed by atoms with van der Waals surface area (Å²) in [6.45, 7) is 2.62. The van der Waals surface area contributed by atoms with Crippen molar-refractivity contribution >= 4 is 22.7 Å². The molecule has 8 nitrogen and oxygen atoms in total.